The van der Waals surface area contributed by atoms with Crippen molar-refractivity contribution < 1.29 is 9.53 Å². The second-order valence-electron chi connectivity index (χ2n) is 7.59. The lowest BCUT2D eigenvalue weighted by Crippen LogP contribution is -2.54. The molecule has 1 aromatic rings. The van der Waals surface area contributed by atoms with Gasteiger partial charge >= 0.3 is 6.09 Å². The van der Waals surface area contributed by atoms with Crippen LogP contribution in [-0.4, -0.2) is 35.2 Å². The molecule has 0 unspecified atom stereocenters. The number of nitrogens with zero attached hydrogens (tertiary/aromatic N) is 1. The number of nitrogens with one attached hydrogen (secondary N) is 1. The predicted octanol–water partition coefficient (Wildman–Crippen LogP) is 4.33. The molecule has 5 heteroatoms. The standard InChI is InChI=1S/C18H27BrN2O2/c1-17(2,3)23-16(22)20-18(4)8-10-21(11-9-18)13-14-6-5-7-15(19)12-14/h5-7,12H,8-11,13H2,1-4H3,(H,20,22). The molecule has 1 aromatic carbocycles. The molecule has 1 amide bonds. The Morgan fingerprint density at radius 3 is 2.57 bits per heavy atom. The molecular weight excluding hydrogens is 356 g/mol. The first kappa shape index (κ1) is 18.3. The number of benzene rings is 1. The highest BCUT2D eigenvalue weighted by Crippen LogP contribution is 2.24. The van der Waals surface area contributed by atoms with E-state index in [1.54, 1.807) is 0 Å². The number of rotatable bonds is 3. The fraction of sp³-hybridized carbons (Fsp3) is 0.611. The lowest BCUT2D eigenvalue weighted by molar-refractivity contribution is 0.0401. The summed E-state index contributed by atoms with van der Waals surface area (Å²) in [7, 11) is 0. The maximum Gasteiger partial charge on any atom is 0.408 e. The summed E-state index contributed by atoms with van der Waals surface area (Å²) in [6, 6.07) is 8.42. The first-order valence-corrected chi connectivity index (χ1v) is 8.93. The Morgan fingerprint density at radius 1 is 1.35 bits per heavy atom. The number of hydrogen-bond acceptors (Lipinski definition) is 3. The molecule has 1 N–H and O–H groups in total. The minimum absolute atomic E-state index is 0.184. The van der Waals surface area contributed by atoms with Gasteiger partial charge in [-0.3, -0.25) is 4.90 Å². The number of piperidine rings is 1. The molecule has 23 heavy (non-hydrogen) atoms. The van der Waals surface area contributed by atoms with Gasteiger partial charge in [-0.25, -0.2) is 4.79 Å². The number of ether oxygens (including phenoxy) is 1. The van der Waals surface area contributed by atoms with Crippen LogP contribution in [0.4, 0.5) is 4.79 Å². The van der Waals surface area contributed by atoms with Crippen LogP contribution >= 0.6 is 15.9 Å². The van der Waals surface area contributed by atoms with Crippen LogP contribution in [0.2, 0.25) is 0 Å². The molecule has 0 bridgehead atoms. The van der Waals surface area contributed by atoms with Gasteiger partial charge in [-0.1, -0.05) is 28.1 Å². The fourth-order valence-corrected chi connectivity index (χ4v) is 3.22. The van der Waals surface area contributed by atoms with Crippen molar-refractivity contribution >= 4 is 22.0 Å². The molecule has 4 nitrogen and oxygen atoms in total. The molecule has 0 aromatic heterocycles. The number of carbonyl (C=O) groups is 1. The summed E-state index contributed by atoms with van der Waals surface area (Å²) >= 11 is 3.52. The number of likely N-dealkylation sites (tertiary alicyclic amines) is 1. The predicted molar refractivity (Wildman–Crippen MR) is 96.4 cm³/mol. The average molecular weight is 383 g/mol. The van der Waals surface area contributed by atoms with Gasteiger partial charge in [0.05, 0.1) is 0 Å². The Bertz CT molecular complexity index is 546. The summed E-state index contributed by atoms with van der Waals surface area (Å²) in [5.41, 5.74) is 0.667. The Balaban J connectivity index is 1.84. The summed E-state index contributed by atoms with van der Waals surface area (Å²) in [6.45, 7) is 10.6. The Morgan fingerprint density at radius 2 is 2.00 bits per heavy atom. The van der Waals surface area contributed by atoms with E-state index in [1.165, 1.54) is 5.56 Å². The number of hydrogen-bond donors (Lipinski definition) is 1. The molecule has 1 saturated heterocycles. The molecule has 1 heterocycles. The lowest BCUT2D eigenvalue weighted by atomic mass is 9.89. The van der Waals surface area contributed by atoms with Crippen molar-refractivity contribution in [1.82, 2.24) is 10.2 Å². The van der Waals surface area contributed by atoms with Crippen molar-refractivity contribution in [3.63, 3.8) is 0 Å². The third kappa shape index (κ3) is 6.15. The molecule has 1 fully saturated rings. The van der Waals surface area contributed by atoms with Crippen LogP contribution in [0, 0.1) is 0 Å². The van der Waals surface area contributed by atoms with Gasteiger partial charge in [-0.2, -0.15) is 0 Å². The smallest absolute Gasteiger partial charge is 0.408 e. The number of carbonyl (C=O) groups excluding carboxylic acids is 1. The van der Waals surface area contributed by atoms with E-state index >= 15 is 0 Å². The van der Waals surface area contributed by atoms with Gasteiger partial charge < -0.3 is 10.1 Å². The van der Waals surface area contributed by atoms with E-state index < -0.39 is 5.60 Å². The van der Waals surface area contributed by atoms with Crippen molar-refractivity contribution in [2.75, 3.05) is 13.1 Å². The minimum Gasteiger partial charge on any atom is -0.444 e. The van der Waals surface area contributed by atoms with Gasteiger partial charge in [-0.05, 0) is 58.2 Å². The zero-order valence-corrected chi connectivity index (χ0v) is 16.1. The molecule has 1 aliphatic rings. The summed E-state index contributed by atoms with van der Waals surface area (Å²) in [4.78, 5) is 14.4. The SMILES string of the molecule is CC1(NC(=O)OC(C)(C)C)CCN(Cc2cccc(Br)c2)CC1. The monoisotopic (exact) mass is 382 g/mol. The molecule has 1 aliphatic heterocycles. The second kappa shape index (κ2) is 7.22. The highest BCUT2D eigenvalue weighted by atomic mass is 79.9. The Hall–Kier alpha value is -1.07. The van der Waals surface area contributed by atoms with Gasteiger partial charge in [-0.15, -0.1) is 0 Å². The van der Waals surface area contributed by atoms with Crippen LogP contribution in [0.3, 0.4) is 0 Å². The average Bonchev–Trinajstić information content (AvgIpc) is 2.39. The maximum atomic E-state index is 12.0. The highest BCUT2D eigenvalue weighted by molar-refractivity contribution is 9.10. The molecule has 0 spiro atoms. The van der Waals surface area contributed by atoms with E-state index in [-0.39, 0.29) is 11.6 Å². The molecule has 0 radical (unpaired) electrons. The van der Waals surface area contributed by atoms with Gasteiger partial charge in [0.2, 0.25) is 0 Å². The zero-order valence-electron chi connectivity index (χ0n) is 14.5. The zero-order chi connectivity index (χ0) is 17.1. The van der Waals surface area contributed by atoms with Crippen molar-refractivity contribution in [1.29, 1.82) is 0 Å². The molecule has 2 rings (SSSR count). The largest absolute Gasteiger partial charge is 0.444 e. The quantitative estimate of drug-likeness (QED) is 0.845. The molecule has 0 aliphatic carbocycles. The van der Waals surface area contributed by atoms with E-state index in [0.29, 0.717) is 0 Å². The van der Waals surface area contributed by atoms with E-state index in [0.717, 1.165) is 36.9 Å². The van der Waals surface area contributed by atoms with E-state index in [9.17, 15) is 4.79 Å². The second-order valence-corrected chi connectivity index (χ2v) is 8.51. The van der Waals surface area contributed by atoms with Crippen molar-refractivity contribution in [2.24, 2.45) is 0 Å². The third-order valence-corrected chi connectivity index (χ3v) is 4.55. The molecule has 128 valence electrons. The van der Waals surface area contributed by atoms with E-state index in [1.807, 2.05) is 26.8 Å². The minimum atomic E-state index is -0.457. The summed E-state index contributed by atoms with van der Waals surface area (Å²) in [6.07, 6.45) is 1.54. The first-order valence-electron chi connectivity index (χ1n) is 8.13. The van der Waals surface area contributed by atoms with Gasteiger partial charge in [0.25, 0.3) is 0 Å². The van der Waals surface area contributed by atoms with Crippen LogP contribution in [0.15, 0.2) is 28.7 Å². The third-order valence-electron chi connectivity index (χ3n) is 4.06. The van der Waals surface area contributed by atoms with Crippen molar-refractivity contribution in [2.45, 2.75) is 58.2 Å². The van der Waals surface area contributed by atoms with Crippen molar-refractivity contribution in [3.05, 3.63) is 34.3 Å². The maximum absolute atomic E-state index is 12.0. The van der Waals surface area contributed by atoms with Gasteiger partial charge in [0.15, 0.2) is 0 Å². The summed E-state index contributed by atoms with van der Waals surface area (Å²) in [5.74, 6) is 0. The summed E-state index contributed by atoms with van der Waals surface area (Å²) < 4.78 is 6.49. The van der Waals surface area contributed by atoms with Crippen LogP contribution in [-0.2, 0) is 11.3 Å². The van der Waals surface area contributed by atoms with Crippen LogP contribution < -0.4 is 5.32 Å². The molecular formula is C18H27BrN2O2. The number of amides is 1. The van der Waals surface area contributed by atoms with Gasteiger partial charge in [0.1, 0.15) is 5.60 Å². The van der Waals surface area contributed by atoms with Crippen LogP contribution in [0.25, 0.3) is 0 Å². The molecule has 0 atom stereocenters. The fourth-order valence-electron chi connectivity index (χ4n) is 2.77. The summed E-state index contributed by atoms with van der Waals surface area (Å²) in [5, 5.41) is 3.05. The number of alkyl carbamates (subject to hydrolysis) is 1. The normalized spacial score (nSPS) is 18.5. The van der Waals surface area contributed by atoms with Gasteiger partial charge in [0, 0.05) is 29.6 Å². The Kier molecular flexibility index (Phi) is 5.74. The van der Waals surface area contributed by atoms with Crippen LogP contribution in [0.1, 0.15) is 46.1 Å². The number of halogens is 1. The highest BCUT2D eigenvalue weighted by Gasteiger charge is 2.32. The lowest BCUT2D eigenvalue weighted by Gasteiger charge is -2.40. The van der Waals surface area contributed by atoms with E-state index in [2.05, 4.69) is 51.3 Å². The Labute approximate surface area is 147 Å². The van der Waals surface area contributed by atoms with Crippen LogP contribution in [0.5, 0.6) is 0 Å². The topological polar surface area (TPSA) is 41.6 Å². The molecule has 0 saturated carbocycles. The first-order chi connectivity index (χ1) is 10.7. The van der Waals surface area contributed by atoms with E-state index in [4.69, 9.17) is 4.74 Å². The van der Waals surface area contributed by atoms with Crippen molar-refractivity contribution in [3.8, 4) is 0 Å².